The van der Waals surface area contributed by atoms with Crippen molar-refractivity contribution < 1.29 is 9.59 Å². The zero-order chi connectivity index (χ0) is 22.6. The molecule has 1 aromatic carbocycles. The molecule has 0 radical (unpaired) electrons. The summed E-state index contributed by atoms with van der Waals surface area (Å²) in [7, 11) is 0. The number of nitrogens with zero attached hydrogens (tertiary/aromatic N) is 4. The molecule has 0 atom stereocenters. The van der Waals surface area contributed by atoms with Crippen molar-refractivity contribution in [2.45, 2.75) is 37.5 Å². The van der Waals surface area contributed by atoms with Crippen LogP contribution in [-0.4, -0.2) is 77.4 Å². The summed E-state index contributed by atoms with van der Waals surface area (Å²) in [5.74, 6) is 1.13. The zero-order valence-electron chi connectivity index (χ0n) is 19.2. The fourth-order valence-electron chi connectivity index (χ4n) is 5.21. The number of rotatable bonds is 5. The Kier molecular flexibility index (Phi) is 6.58. The molecule has 3 amide bonds. The second-order valence-electron chi connectivity index (χ2n) is 9.58. The number of benzene rings is 1. The van der Waals surface area contributed by atoms with E-state index in [4.69, 9.17) is 0 Å². The minimum Gasteiger partial charge on any atom is -0.342 e. The smallest absolute Gasteiger partial charge is 0.321 e. The number of amides is 3. The van der Waals surface area contributed by atoms with Gasteiger partial charge in [-0.15, -0.1) is 0 Å². The Morgan fingerprint density at radius 3 is 2.27 bits per heavy atom. The van der Waals surface area contributed by atoms with Gasteiger partial charge >= 0.3 is 6.03 Å². The number of hydrogen-bond acceptors (Lipinski definition) is 4. The maximum absolute atomic E-state index is 12.6. The van der Waals surface area contributed by atoms with Gasteiger partial charge in [0.2, 0.25) is 5.91 Å². The zero-order valence-corrected chi connectivity index (χ0v) is 19.2. The average molecular weight is 448 g/mol. The molecule has 1 N–H and O–H groups in total. The Bertz CT molecular complexity index is 944. The second-order valence-corrected chi connectivity index (χ2v) is 9.58. The molecule has 0 bridgehead atoms. The van der Waals surface area contributed by atoms with E-state index in [1.54, 1.807) is 6.20 Å². The highest BCUT2D eigenvalue weighted by molar-refractivity contribution is 5.90. The quantitative estimate of drug-likeness (QED) is 0.762. The molecule has 3 aliphatic heterocycles. The van der Waals surface area contributed by atoms with Crippen molar-refractivity contribution in [1.29, 1.82) is 0 Å². The lowest BCUT2D eigenvalue weighted by Crippen LogP contribution is -2.50. The van der Waals surface area contributed by atoms with E-state index < -0.39 is 0 Å². The normalized spacial score (nSPS) is 20.0. The van der Waals surface area contributed by atoms with Gasteiger partial charge in [0.05, 0.1) is 6.54 Å². The maximum atomic E-state index is 12.6. The van der Waals surface area contributed by atoms with Gasteiger partial charge in [-0.05, 0) is 74.0 Å². The summed E-state index contributed by atoms with van der Waals surface area (Å²) >= 11 is 0. The lowest BCUT2D eigenvalue weighted by molar-refractivity contribution is -0.133. The molecule has 5 rings (SSSR count). The number of carbonyl (C=O) groups excluding carboxylic acids is 2. The van der Waals surface area contributed by atoms with Gasteiger partial charge in [0.25, 0.3) is 0 Å². The summed E-state index contributed by atoms with van der Waals surface area (Å²) in [6, 6.07) is 12.2. The topological polar surface area (TPSA) is 68.8 Å². The third-order valence-corrected chi connectivity index (χ3v) is 7.36. The molecular formula is C26H33N5O2. The fraction of sp³-hybridized carbons (Fsp3) is 0.500. The van der Waals surface area contributed by atoms with E-state index >= 15 is 0 Å². The number of piperidine rings is 1. The predicted octanol–water partition coefficient (Wildman–Crippen LogP) is 3.51. The number of hydrogen-bond donors (Lipinski definition) is 1. The van der Waals surface area contributed by atoms with E-state index in [-0.39, 0.29) is 11.9 Å². The first kappa shape index (κ1) is 21.9. The first-order valence-electron chi connectivity index (χ1n) is 12.2. The van der Waals surface area contributed by atoms with Crippen molar-refractivity contribution in [2.75, 3.05) is 51.1 Å². The molecule has 33 heavy (non-hydrogen) atoms. The van der Waals surface area contributed by atoms with Crippen LogP contribution in [0.3, 0.4) is 0 Å². The van der Waals surface area contributed by atoms with Crippen molar-refractivity contribution in [3.05, 3.63) is 59.9 Å². The van der Waals surface area contributed by atoms with Gasteiger partial charge in [0.15, 0.2) is 0 Å². The van der Waals surface area contributed by atoms with Gasteiger partial charge in [-0.1, -0.05) is 18.2 Å². The van der Waals surface area contributed by atoms with Crippen LogP contribution in [-0.2, 0) is 4.79 Å². The highest BCUT2D eigenvalue weighted by atomic mass is 16.2. The van der Waals surface area contributed by atoms with Crippen LogP contribution in [0.2, 0.25) is 0 Å². The largest absolute Gasteiger partial charge is 0.342 e. The number of aromatic nitrogens is 1. The lowest BCUT2D eigenvalue weighted by Gasteiger charge is -2.39. The summed E-state index contributed by atoms with van der Waals surface area (Å²) in [6.45, 7) is 5.84. The molecule has 3 aliphatic rings. The van der Waals surface area contributed by atoms with Crippen LogP contribution in [0.4, 0.5) is 10.5 Å². The van der Waals surface area contributed by atoms with Crippen LogP contribution < -0.4 is 5.32 Å². The third kappa shape index (κ3) is 5.19. The minimum absolute atomic E-state index is 0.0484. The van der Waals surface area contributed by atoms with E-state index in [0.717, 1.165) is 57.8 Å². The van der Waals surface area contributed by atoms with Gasteiger partial charge in [-0.2, -0.15) is 0 Å². The van der Waals surface area contributed by atoms with Crippen LogP contribution in [0.15, 0.2) is 48.8 Å². The summed E-state index contributed by atoms with van der Waals surface area (Å²) < 4.78 is 0. The van der Waals surface area contributed by atoms with Gasteiger partial charge in [-0.25, -0.2) is 4.79 Å². The van der Waals surface area contributed by atoms with Gasteiger partial charge in [-0.3, -0.25) is 14.7 Å². The number of urea groups is 1. The monoisotopic (exact) mass is 447 g/mol. The first-order valence-corrected chi connectivity index (χ1v) is 12.2. The van der Waals surface area contributed by atoms with E-state index in [0.29, 0.717) is 18.4 Å². The minimum atomic E-state index is -0.0484. The summed E-state index contributed by atoms with van der Waals surface area (Å²) in [5.41, 5.74) is 3.31. The number of pyridine rings is 1. The molecule has 7 nitrogen and oxygen atoms in total. The van der Waals surface area contributed by atoms with Crippen LogP contribution in [0, 0.1) is 0 Å². The van der Waals surface area contributed by atoms with Gasteiger partial charge < -0.3 is 15.1 Å². The molecule has 174 valence electrons. The molecule has 7 heteroatoms. The van der Waals surface area contributed by atoms with Crippen molar-refractivity contribution >= 4 is 17.6 Å². The standard InChI is InChI=1S/C26H33N5O2/c32-25(19-29-12-1-2-13-29)30-14-9-21(10-15-30)20-5-7-24(8-6-20)28-26(33)31-17-23(18-31)22-4-3-11-27-16-22/h3-8,11,16,21,23H,1-2,9-10,12-15,17-19H2,(H,28,33). The van der Waals surface area contributed by atoms with Crippen LogP contribution >= 0.6 is 0 Å². The SMILES string of the molecule is O=C(CN1CCCC1)N1CCC(c2ccc(NC(=O)N3CC(c4cccnc4)C3)cc2)CC1. The van der Waals surface area contributed by atoms with Crippen LogP contribution in [0.25, 0.3) is 0 Å². The number of likely N-dealkylation sites (tertiary alicyclic amines) is 3. The molecule has 0 saturated carbocycles. The number of anilines is 1. The average Bonchev–Trinajstić information content (AvgIpc) is 3.32. The Morgan fingerprint density at radius 2 is 1.61 bits per heavy atom. The molecule has 0 spiro atoms. The molecule has 2 aromatic rings. The molecule has 0 unspecified atom stereocenters. The molecular weight excluding hydrogens is 414 g/mol. The lowest BCUT2D eigenvalue weighted by atomic mass is 9.89. The van der Waals surface area contributed by atoms with Gasteiger partial charge in [0, 0.05) is 50.2 Å². The highest BCUT2D eigenvalue weighted by Gasteiger charge is 2.32. The summed E-state index contributed by atoms with van der Waals surface area (Å²) in [6.07, 6.45) is 8.09. The van der Waals surface area contributed by atoms with E-state index in [1.165, 1.54) is 24.0 Å². The van der Waals surface area contributed by atoms with E-state index in [9.17, 15) is 9.59 Å². The summed E-state index contributed by atoms with van der Waals surface area (Å²) in [5, 5.41) is 3.02. The molecule has 4 heterocycles. The highest BCUT2D eigenvalue weighted by Crippen LogP contribution is 2.30. The maximum Gasteiger partial charge on any atom is 0.321 e. The van der Waals surface area contributed by atoms with Crippen LogP contribution in [0.1, 0.15) is 48.6 Å². The van der Waals surface area contributed by atoms with Gasteiger partial charge in [0.1, 0.15) is 0 Å². The Morgan fingerprint density at radius 1 is 0.879 bits per heavy atom. The number of nitrogens with one attached hydrogen (secondary N) is 1. The van der Waals surface area contributed by atoms with Crippen molar-refractivity contribution in [1.82, 2.24) is 19.7 Å². The molecule has 3 fully saturated rings. The molecule has 1 aromatic heterocycles. The predicted molar refractivity (Wildman–Crippen MR) is 128 cm³/mol. The van der Waals surface area contributed by atoms with Crippen molar-refractivity contribution in [3.8, 4) is 0 Å². The second kappa shape index (κ2) is 9.91. The summed E-state index contributed by atoms with van der Waals surface area (Å²) in [4.78, 5) is 35.4. The third-order valence-electron chi connectivity index (χ3n) is 7.36. The Labute approximate surface area is 195 Å². The molecule has 3 saturated heterocycles. The first-order chi connectivity index (χ1) is 16.2. The van der Waals surface area contributed by atoms with E-state index in [1.807, 2.05) is 34.2 Å². The van der Waals surface area contributed by atoms with E-state index in [2.05, 4.69) is 33.4 Å². The molecule has 0 aliphatic carbocycles. The Balaban J connectivity index is 1.07. The van der Waals surface area contributed by atoms with Crippen molar-refractivity contribution in [3.63, 3.8) is 0 Å². The fourth-order valence-corrected chi connectivity index (χ4v) is 5.21. The van der Waals surface area contributed by atoms with Crippen LogP contribution in [0.5, 0.6) is 0 Å². The Hall–Kier alpha value is -2.93. The van der Waals surface area contributed by atoms with Crippen molar-refractivity contribution in [2.24, 2.45) is 0 Å². The number of carbonyl (C=O) groups is 2.